The van der Waals surface area contributed by atoms with Gasteiger partial charge in [0, 0.05) is 23.4 Å². The van der Waals surface area contributed by atoms with Gasteiger partial charge in [0.2, 0.25) is 0 Å². The Morgan fingerprint density at radius 1 is 0.933 bits per heavy atom. The summed E-state index contributed by atoms with van der Waals surface area (Å²) in [7, 11) is 2.91. The number of methoxy groups -OCH3 is 2. The Morgan fingerprint density at radius 2 is 1.57 bits per heavy atom. The van der Waals surface area contributed by atoms with Crippen molar-refractivity contribution in [2.45, 2.75) is 26.3 Å². The maximum absolute atomic E-state index is 12.7. The number of anilines is 2. The Kier molecular flexibility index (Phi) is 5.63. The van der Waals surface area contributed by atoms with Crippen LogP contribution in [-0.4, -0.2) is 42.5 Å². The molecule has 0 bridgehead atoms. The number of nitrogens with one attached hydrogen (secondary N) is 2. The molecular formula is C21H22ClN3O5. The standard InChI is InChI=1S/C21H22ClN3O5/c1-21(2,3)25-18(26)12-7-6-11(8-13(12)19(25)27)23-20(28)24-15-10-16(29-4)14(22)9-17(15)30-5/h6-10H,1-5H3,(H2,23,24,28). The van der Waals surface area contributed by atoms with Crippen molar-refractivity contribution in [3.8, 4) is 11.5 Å². The molecule has 158 valence electrons. The molecule has 0 saturated carbocycles. The van der Waals surface area contributed by atoms with Crippen LogP contribution < -0.4 is 20.1 Å². The third-order valence-corrected chi connectivity index (χ3v) is 4.83. The van der Waals surface area contributed by atoms with Gasteiger partial charge in [0.25, 0.3) is 11.8 Å². The van der Waals surface area contributed by atoms with Crippen LogP contribution in [0.3, 0.4) is 0 Å². The van der Waals surface area contributed by atoms with Crippen molar-refractivity contribution in [3.05, 3.63) is 46.5 Å². The van der Waals surface area contributed by atoms with E-state index in [0.29, 0.717) is 33.5 Å². The normalized spacial score (nSPS) is 13.2. The molecule has 30 heavy (non-hydrogen) atoms. The minimum absolute atomic E-state index is 0.249. The SMILES string of the molecule is COc1cc(NC(=O)Nc2ccc3c(c2)C(=O)N(C(C)(C)C)C3=O)c(OC)cc1Cl. The smallest absolute Gasteiger partial charge is 0.323 e. The lowest BCUT2D eigenvalue weighted by Crippen LogP contribution is -2.45. The van der Waals surface area contributed by atoms with Crippen LogP contribution in [0.15, 0.2) is 30.3 Å². The fourth-order valence-electron chi connectivity index (χ4n) is 3.17. The molecule has 2 aromatic carbocycles. The van der Waals surface area contributed by atoms with Crippen molar-refractivity contribution < 1.29 is 23.9 Å². The third-order valence-electron chi connectivity index (χ3n) is 4.54. The van der Waals surface area contributed by atoms with Crippen LogP contribution in [0.2, 0.25) is 5.02 Å². The molecule has 3 rings (SSSR count). The van der Waals surface area contributed by atoms with E-state index in [1.54, 1.807) is 26.8 Å². The average Bonchev–Trinajstić information content (AvgIpc) is 2.92. The fourth-order valence-corrected chi connectivity index (χ4v) is 3.40. The number of nitrogens with zero attached hydrogens (tertiary/aromatic N) is 1. The van der Waals surface area contributed by atoms with Crippen molar-refractivity contribution in [2.24, 2.45) is 0 Å². The minimum Gasteiger partial charge on any atom is -0.495 e. The topological polar surface area (TPSA) is 97.0 Å². The summed E-state index contributed by atoms with van der Waals surface area (Å²) in [5, 5.41) is 5.65. The molecule has 0 aliphatic carbocycles. The third kappa shape index (κ3) is 3.91. The molecule has 0 fully saturated rings. The van der Waals surface area contributed by atoms with Gasteiger partial charge in [-0.2, -0.15) is 0 Å². The Hall–Kier alpha value is -3.26. The van der Waals surface area contributed by atoms with Gasteiger partial charge >= 0.3 is 6.03 Å². The number of amides is 4. The molecule has 0 spiro atoms. The molecule has 8 nitrogen and oxygen atoms in total. The Balaban J connectivity index is 1.81. The predicted molar refractivity (Wildman–Crippen MR) is 114 cm³/mol. The van der Waals surface area contributed by atoms with E-state index < -0.39 is 17.5 Å². The monoisotopic (exact) mass is 431 g/mol. The lowest BCUT2D eigenvalue weighted by molar-refractivity contribution is 0.0507. The number of hydrogen-bond donors (Lipinski definition) is 2. The first-order chi connectivity index (χ1) is 14.1. The van der Waals surface area contributed by atoms with Crippen LogP contribution in [0.5, 0.6) is 11.5 Å². The van der Waals surface area contributed by atoms with Gasteiger partial charge in [-0.05, 0) is 39.0 Å². The summed E-state index contributed by atoms with van der Waals surface area (Å²) in [4.78, 5) is 39.0. The van der Waals surface area contributed by atoms with E-state index >= 15 is 0 Å². The zero-order chi connectivity index (χ0) is 22.2. The van der Waals surface area contributed by atoms with Gasteiger partial charge < -0.3 is 20.1 Å². The van der Waals surface area contributed by atoms with Crippen molar-refractivity contribution in [1.82, 2.24) is 4.90 Å². The summed E-state index contributed by atoms with van der Waals surface area (Å²) in [5.74, 6) is -0.0182. The zero-order valence-corrected chi connectivity index (χ0v) is 18.0. The van der Waals surface area contributed by atoms with Crippen molar-refractivity contribution in [3.63, 3.8) is 0 Å². The number of fused-ring (bicyclic) bond motifs is 1. The molecule has 2 N–H and O–H groups in total. The first kappa shape index (κ1) is 21.4. The molecule has 0 aromatic heterocycles. The van der Waals surface area contributed by atoms with Crippen LogP contribution in [0.1, 0.15) is 41.5 Å². The molecular weight excluding hydrogens is 410 g/mol. The number of benzene rings is 2. The number of hydrogen-bond acceptors (Lipinski definition) is 5. The highest BCUT2D eigenvalue weighted by Gasteiger charge is 2.41. The van der Waals surface area contributed by atoms with E-state index in [0.717, 1.165) is 0 Å². The average molecular weight is 432 g/mol. The Labute approximate surface area is 179 Å². The summed E-state index contributed by atoms with van der Waals surface area (Å²) in [6.45, 7) is 5.36. The highest BCUT2D eigenvalue weighted by Crippen LogP contribution is 2.36. The van der Waals surface area contributed by atoms with Crippen LogP contribution in [0.4, 0.5) is 16.2 Å². The maximum Gasteiger partial charge on any atom is 0.323 e. The molecule has 0 unspecified atom stereocenters. The largest absolute Gasteiger partial charge is 0.495 e. The van der Waals surface area contributed by atoms with E-state index in [2.05, 4.69) is 10.6 Å². The van der Waals surface area contributed by atoms with Crippen molar-refractivity contribution in [1.29, 1.82) is 0 Å². The molecule has 4 amide bonds. The van der Waals surface area contributed by atoms with Gasteiger partial charge in [-0.3, -0.25) is 14.5 Å². The van der Waals surface area contributed by atoms with Gasteiger partial charge in [0.1, 0.15) is 11.5 Å². The summed E-state index contributed by atoms with van der Waals surface area (Å²) < 4.78 is 10.4. The number of carbonyl (C=O) groups is 3. The molecule has 1 heterocycles. The lowest BCUT2D eigenvalue weighted by atomic mass is 10.1. The predicted octanol–water partition coefficient (Wildman–Crippen LogP) is 4.40. The zero-order valence-electron chi connectivity index (χ0n) is 17.3. The van der Waals surface area contributed by atoms with Crippen LogP contribution >= 0.6 is 11.6 Å². The highest BCUT2D eigenvalue weighted by atomic mass is 35.5. The van der Waals surface area contributed by atoms with Crippen LogP contribution in [-0.2, 0) is 0 Å². The highest BCUT2D eigenvalue weighted by molar-refractivity contribution is 6.32. The molecule has 2 aromatic rings. The molecule has 1 aliphatic heterocycles. The lowest BCUT2D eigenvalue weighted by Gasteiger charge is -2.29. The molecule has 9 heteroatoms. The quantitative estimate of drug-likeness (QED) is 0.699. The van der Waals surface area contributed by atoms with E-state index in [-0.39, 0.29) is 11.5 Å². The number of carbonyl (C=O) groups excluding carboxylic acids is 3. The van der Waals surface area contributed by atoms with Crippen LogP contribution in [0.25, 0.3) is 0 Å². The fraction of sp³-hybridized carbons (Fsp3) is 0.286. The van der Waals surface area contributed by atoms with E-state index in [1.807, 2.05) is 0 Å². The second-order valence-electron chi connectivity index (χ2n) is 7.64. The van der Waals surface area contributed by atoms with Gasteiger partial charge in [-0.1, -0.05) is 11.6 Å². The van der Waals surface area contributed by atoms with Gasteiger partial charge in [-0.15, -0.1) is 0 Å². The maximum atomic E-state index is 12.7. The Bertz CT molecular complexity index is 1050. The number of halogens is 1. The first-order valence-corrected chi connectivity index (χ1v) is 9.47. The number of rotatable bonds is 4. The molecule has 0 radical (unpaired) electrons. The molecule has 0 atom stereocenters. The van der Waals surface area contributed by atoms with E-state index in [1.165, 1.54) is 43.4 Å². The van der Waals surface area contributed by atoms with Gasteiger partial charge in [-0.25, -0.2) is 4.79 Å². The van der Waals surface area contributed by atoms with Crippen molar-refractivity contribution in [2.75, 3.05) is 24.9 Å². The number of urea groups is 1. The summed E-state index contributed by atoms with van der Waals surface area (Å²) in [6.07, 6.45) is 0. The number of ether oxygens (including phenoxy) is 2. The molecule has 0 saturated heterocycles. The van der Waals surface area contributed by atoms with E-state index in [9.17, 15) is 14.4 Å². The second-order valence-corrected chi connectivity index (χ2v) is 8.05. The second kappa shape index (κ2) is 7.87. The van der Waals surface area contributed by atoms with Crippen molar-refractivity contribution >= 4 is 40.8 Å². The summed E-state index contributed by atoms with van der Waals surface area (Å²) in [6, 6.07) is 7.07. The summed E-state index contributed by atoms with van der Waals surface area (Å²) in [5.41, 5.74) is 0.622. The van der Waals surface area contributed by atoms with Gasteiger partial charge in [0.05, 0.1) is 36.1 Å². The van der Waals surface area contributed by atoms with Crippen LogP contribution in [0, 0.1) is 0 Å². The summed E-state index contributed by atoms with van der Waals surface area (Å²) >= 11 is 6.07. The molecule has 1 aliphatic rings. The first-order valence-electron chi connectivity index (χ1n) is 9.09. The minimum atomic E-state index is -0.650. The Morgan fingerprint density at radius 3 is 2.17 bits per heavy atom. The van der Waals surface area contributed by atoms with E-state index in [4.69, 9.17) is 21.1 Å². The van der Waals surface area contributed by atoms with Gasteiger partial charge in [0.15, 0.2) is 0 Å². The number of imide groups is 1.